The molecule has 1 aliphatic rings. The second-order valence-corrected chi connectivity index (χ2v) is 5.65. The standard InChI is InChI=1S/C14H12FIN2O2/c15-10-3-1-9(2-4-10)13-14(16)18(12(8-19)17-13)7-11-5-6-20-11/h1-4,8,11H,5-7H2. The first-order chi connectivity index (χ1) is 9.69. The summed E-state index contributed by atoms with van der Waals surface area (Å²) in [6, 6.07) is 6.11. The van der Waals surface area contributed by atoms with Crippen LogP contribution in [0.5, 0.6) is 0 Å². The lowest BCUT2D eigenvalue weighted by Crippen LogP contribution is -2.32. The fourth-order valence-electron chi connectivity index (χ4n) is 2.14. The van der Waals surface area contributed by atoms with E-state index in [0.29, 0.717) is 18.1 Å². The van der Waals surface area contributed by atoms with E-state index in [4.69, 9.17) is 4.74 Å². The average molecular weight is 386 g/mol. The molecule has 1 fully saturated rings. The molecule has 2 aromatic rings. The van der Waals surface area contributed by atoms with Gasteiger partial charge >= 0.3 is 0 Å². The van der Waals surface area contributed by atoms with Crippen LogP contribution in [0.3, 0.4) is 0 Å². The van der Waals surface area contributed by atoms with Gasteiger partial charge < -0.3 is 9.30 Å². The van der Waals surface area contributed by atoms with Gasteiger partial charge in [-0.1, -0.05) is 0 Å². The summed E-state index contributed by atoms with van der Waals surface area (Å²) >= 11 is 2.16. The van der Waals surface area contributed by atoms with Crippen molar-refractivity contribution >= 4 is 28.9 Å². The van der Waals surface area contributed by atoms with Gasteiger partial charge in [0.15, 0.2) is 12.1 Å². The summed E-state index contributed by atoms with van der Waals surface area (Å²) in [4.78, 5) is 15.5. The van der Waals surface area contributed by atoms with Crippen molar-refractivity contribution in [3.63, 3.8) is 0 Å². The summed E-state index contributed by atoms with van der Waals surface area (Å²) in [7, 11) is 0. The third kappa shape index (κ3) is 2.49. The van der Waals surface area contributed by atoms with E-state index in [0.717, 1.165) is 28.6 Å². The largest absolute Gasteiger partial charge is 0.376 e. The molecule has 2 heterocycles. The highest BCUT2D eigenvalue weighted by Crippen LogP contribution is 2.27. The summed E-state index contributed by atoms with van der Waals surface area (Å²) in [6.07, 6.45) is 1.89. The monoisotopic (exact) mass is 386 g/mol. The molecule has 1 saturated heterocycles. The molecule has 0 spiro atoms. The van der Waals surface area contributed by atoms with Crippen molar-refractivity contribution in [1.82, 2.24) is 9.55 Å². The minimum absolute atomic E-state index is 0.150. The van der Waals surface area contributed by atoms with Gasteiger partial charge in [-0.2, -0.15) is 0 Å². The molecule has 0 N–H and O–H groups in total. The van der Waals surface area contributed by atoms with Crippen molar-refractivity contribution in [2.24, 2.45) is 0 Å². The number of aldehydes is 1. The first kappa shape index (κ1) is 13.7. The van der Waals surface area contributed by atoms with Crippen LogP contribution < -0.4 is 0 Å². The Kier molecular flexibility index (Phi) is 3.84. The molecular formula is C14H12FIN2O2. The molecule has 3 rings (SSSR count). The highest BCUT2D eigenvalue weighted by Gasteiger charge is 2.23. The minimum Gasteiger partial charge on any atom is -0.376 e. The van der Waals surface area contributed by atoms with Gasteiger partial charge in [0.25, 0.3) is 0 Å². The number of rotatable bonds is 4. The van der Waals surface area contributed by atoms with Gasteiger partial charge in [-0.15, -0.1) is 0 Å². The molecular weight excluding hydrogens is 374 g/mol. The zero-order chi connectivity index (χ0) is 14.1. The molecule has 1 aromatic heterocycles. The third-order valence-electron chi connectivity index (χ3n) is 3.34. The molecule has 4 nitrogen and oxygen atoms in total. The van der Waals surface area contributed by atoms with Crippen molar-refractivity contribution in [2.75, 3.05) is 6.61 Å². The van der Waals surface area contributed by atoms with E-state index in [1.165, 1.54) is 12.1 Å². The molecule has 1 aromatic carbocycles. The van der Waals surface area contributed by atoms with Gasteiger partial charge in [-0.05, 0) is 53.3 Å². The summed E-state index contributed by atoms with van der Waals surface area (Å²) in [5.74, 6) is 0.0888. The third-order valence-corrected chi connectivity index (χ3v) is 4.43. The van der Waals surface area contributed by atoms with Crippen LogP contribution in [-0.4, -0.2) is 28.5 Å². The van der Waals surface area contributed by atoms with Gasteiger partial charge in [0, 0.05) is 12.2 Å². The number of ether oxygens (including phenoxy) is 1. The van der Waals surface area contributed by atoms with Gasteiger partial charge in [-0.25, -0.2) is 9.37 Å². The average Bonchev–Trinajstić information content (AvgIpc) is 2.72. The highest BCUT2D eigenvalue weighted by atomic mass is 127. The van der Waals surface area contributed by atoms with Crippen LogP contribution in [0.25, 0.3) is 11.3 Å². The second-order valence-electron chi connectivity index (χ2n) is 4.63. The number of hydrogen-bond donors (Lipinski definition) is 0. The van der Waals surface area contributed by atoms with Crippen LogP contribution in [-0.2, 0) is 11.3 Å². The summed E-state index contributed by atoms with van der Waals surface area (Å²) < 4.78 is 21.1. The number of carbonyl (C=O) groups is 1. The van der Waals surface area contributed by atoms with Crippen molar-refractivity contribution in [2.45, 2.75) is 19.1 Å². The van der Waals surface area contributed by atoms with E-state index in [9.17, 15) is 9.18 Å². The van der Waals surface area contributed by atoms with Crippen LogP contribution in [0.1, 0.15) is 17.0 Å². The fraction of sp³-hybridized carbons (Fsp3) is 0.286. The van der Waals surface area contributed by atoms with Gasteiger partial charge in [0.2, 0.25) is 0 Å². The maximum Gasteiger partial charge on any atom is 0.185 e. The van der Waals surface area contributed by atoms with E-state index >= 15 is 0 Å². The lowest BCUT2D eigenvalue weighted by Gasteiger charge is -2.27. The SMILES string of the molecule is O=Cc1nc(-c2ccc(F)cc2)c(I)n1CC1CCO1. The molecule has 0 amide bonds. The van der Waals surface area contributed by atoms with E-state index in [2.05, 4.69) is 27.6 Å². The number of imidazole rings is 1. The van der Waals surface area contributed by atoms with Crippen molar-refractivity contribution in [3.05, 3.63) is 39.6 Å². The van der Waals surface area contributed by atoms with Crippen molar-refractivity contribution in [3.8, 4) is 11.3 Å². The van der Waals surface area contributed by atoms with Crippen molar-refractivity contribution < 1.29 is 13.9 Å². The molecule has 0 aliphatic carbocycles. The Balaban J connectivity index is 1.98. The first-order valence-corrected chi connectivity index (χ1v) is 7.35. The minimum atomic E-state index is -0.290. The van der Waals surface area contributed by atoms with E-state index in [1.54, 1.807) is 12.1 Å². The molecule has 0 radical (unpaired) electrons. The van der Waals surface area contributed by atoms with E-state index in [1.807, 2.05) is 4.57 Å². The van der Waals surface area contributed by atoms with Crippen LogP contribution >= 0.6 is 22.6 Å². The maximum atomic E-state index is 13.0. The van der Waals surface area contributed by atoms with Crippen LogP contribution in [0.2, 0.25) is 0 Å². The van der Waals surface area contributed by atoms with Gasteiger partial charge in [0.1, 0.15) is 15.2 Å². The van der Waals surface area contributed by atoms with Crippen LogP contribution in [0, 0.1) is 9.52 Å². The molecule has 1 atom stereocenters. The molecule has 0 bridgehead atoms. The van der Waals surface area contributed by atoms with E-state index < -0.39 is 0 Å². The Morgan fingerprint density at radius 3 is 2.70 bits per heavy atom. The number of halogens is 2. The van der Waals surface area contributed by atoms with Crippen molar-refractivity contribution in [1.29, 1.82) is 0 Å². The number of nitrogens with zero attached hydrogens (tertiary/aromatic N) is 2. The van der Waals surface area contributed by atoms with Gasteiger partial charge in [-0.3, -0.25) is 4.79 Å². The van der Waals surface area contributed by atoms with Crippen LogP contribution in [0.4, 0.5) is 4.39 Å². The fourth-order valence-corrected chi connectivity index (χ4v) is 3.01. The lowest BCUT2D eigenvalue weighted by molar-refractivity contribution is -0.0596. The highest BCUT2D eigenvalue weighted by molar-refractivity contribution is 14.1. The molecule has 1 aliphatic heterocycles. The van der Waals surface area contributed by atoms with Gasteiger partial charge in [0.05, 0.1) is 12.6 Å². The molecule has 20 heavy (non-hydrogen) atoms. The predicted molar refractivity (Wildman–Crippen MR) is 80.1 cm³/mol. The van der Waals surface area contributed by atoms with Crippen LogP contribution in [0.15, 0.2) is 24.3 Å². The molecule has 0 saturated carbocycles. The molecule has 6 heteroatoms. The smallest absolute Gasteiger partial charge is 0.185 e. The lowest BCUT2D eigenvalue weighted by atomic mass is 10.1. The number of hydrogen-bond acceptors (Lipinski definition) is 3. The summed E-state index contributed by atoms with van der Waals surface area (Å²) in [5.41, 5.74) is 1.50. The number of benzene rings is 1. The second kappa shape index (κ2) is 5.61. The number of carbonyl (C=O) groups excluding carboxylic acids is 1. The summed E-state index contributed by atoms with van der Waals surface area (Å²) in [5, 5.41) is 0. The Hall–Kier alpha value is -1.28. The Labute approximate surface area is 129 Å². The molecule has 104 valence electrons. The summed E-state index contributed by atoms with van der Waals surface area (Å²) in [6.45, 7) is 1.40. The van der Waals surface area contributed by atoms with E-state index in [-0.39, 0.29) is 11.9 Å². The zero-order valence-corrected chi connectivity index (χ0v) is 12.7. The Morgan fingerprint density at radius 2 is 2.15 bits per heavy atom. The maximum absolute atomic E-state index is 13.0. The predicted octanol–water partition coefficient (Wildman–Crippen LogP) is 2.90. The first-order valence-electron chi connectivity index (χ1n) is 6.28. The zero-order valence-electron chi connectivity index (χ0n) is 10.6. The Bertz CT molecular complexity index is 635. The molecule has 1 unspecified atom stereocenters. The normalized spacial score (nSPS) is 17.8. The number of aromatic nitrogens is 2. The topological polar surface area (TPSA) is 44.1 Å². The Morgan fingerprint density at radius 1 is 1.45 bits per heavy atom. The quantitative estimate of drug-likeness (QED) is 0.600.